The van der Waals surface area contributed by atoms with Gasteiger partial charge in [0.2, 0.25) is 0 Å². The Balaban J connectivity index is 0.000000241. The van der Waals surface area contributed by atoms with Gasteiger partial charge in [0.1, 0.15) is 0 Å². The Labute approximate surface area is 96.7 Å². The molecule has 0 aromatic heterocycles. The van der Waals surface area contributed by atoms with Crippen molar-refractivity contribution in [3.63, 3.8) is 0 Å². The predicted octanol–water partition coefficient (Wildman–Crippen LogP) is 3.21. The Kier molecular flexibility index (Phi) is 7.46. The monoisotopic (exact) mass is 349 g/mol. The maximum atomic E-state index is 8.46. The van der Waals surface area contributed by atoms with Gasteiger partial charge in [0.25, 0.3) is 0 Å². The fourth-order valence-corrected chi connectivity index (χ4v) is 8.93. The quantitative estimate of drug-likeness (QED) is 0.417. The molecule has 0 aromatic carbocycles. The van der Waals surface area contributed by atoms with Crippen molar-refractivity contribution in [2.45, 2.75) is 41.8 Å². The summed E-state index contributed by atoms with van der Waals surface area (Å²) in [7, 11) is 11.9. The molecule has 0 spiro atoms. The molecule has 1 radical (unpaired) electrons. The SMILES string of the molecule is CC(=[OH+])CC(C)=[OH+].[Cl][Sb]1([Cl])[CH2]CC[CH2]1. The Hall–Kier alpha value is 0.738. The molecule has 0 saturated carbocycles. The molecular weight excluding hydrogens is 333 g/mol. The molecule has 0 unspecified atom stereocenters. The number of carbonyl (C=O) groups excluding carboxylic acids is 2. The zero-order chi connectivity index (χ0) is 11.2. The molecule has 1 saturated heterocycles. The number of hydrogen-bond acceptors (Lipinski definition) is 0. The van der Waals surface area contributed by atoms with Crippen molar-refractivity contribution in [2.24, 2.45) is 0 Å². The van der Waals surface area contributed by atoms with Crippen LogP contribution < -0.4 is 0 Å². The van der Waals surface area contributed by atoms with Crippen LogP contribution in [0.5, 0.6) is 0 Å². The number of halogens is 2. The second kappa shape index (κ2) is 7.08. The molecule has 0 aromatic rings. The third-order valence-corrected chi connectivity index (χ3v) is 11.8. The standard InChI is InChI=1S/C5H8O2.C4H8.2ClH.Sb/c1-4(6)3-5(2)7;1-3-4-2;;;/h3H2,1-2H3;1-4H2;2*1H;/q;;;;+2. The minimum absolute atomic E-state index is 0.250. The average Bonchev–Trinajstić information content (AvgIpc) is 2.32. The summed E-state index contributed by atoms with van der Waals surface area (Å²) in [5.41, 5.74) is 0. The topological polar surface area (TPSA) is 42.8 Å². The van der Waals surface area contributed by atoms with Crippen LogP contribution in [0.2, 0.25) is 8.73 Å². The van der Waals surface area contributed by atoms with Crippen molar-refractivity contribution in [2.75, 3.05) is 0 Å². The van der Waals surface area contributed by atoms with Crippen LogP contribution in [0.15, 0.2) is 0 Å². The minimum atomic E-state index is -2.14. The molecular formula is C9H18Cl2O2Sb+2. The summed E-state index contributed by atoms with van der Waals surface area (Å²) < 4.78 is 2.36. The summed E-state index contributed by atoms with van der Waals surface area (Å²) in [4.78, 5) is 16.9. The van der Waals surface area contributed by atoms with Gasteiger partial charge in [0.15, 0.2) is 6.42 Å². The summed E-state index contributed by atoms with van der Waals surface area (Å²) in [6.07, 6.45) is 2.89. The molecule has 2 nitrogen and oxygen atoms in total. The van der Waals surface area contributed by atoms with Crippen LogP contribution in [0.25, 0.3) is 0 Å². The Morgan fingerprint density at radius 1 is 1.07 bits per heavy atom. The van der Waals surface area contributed by atoms with Crippen LogP contribution in [-0.4, -0.2) is 37.7 Å². The van der Waals surface area contributed by atoms with E-state index in [1.165, 1.54) is 21.6 Å². The van der Waals surface area contributed by atoms with Gasteiger partial charge in [-0.05, 0) is 0 Å². The van der Waals surface area contributed by atoms with E-state index in [9.17, 15) is 0 Å². The van der Waals surface area contributed by atoms with E-state index < -0.39 is 16.5 Å². The second-order valence-corrected chi connectivity index (χ2v) is 20.3. The molecule has 0 atom stereocenters. The first kappa shape index (κ1) is 14.7. The van der Waals surface area contributed by atoms with Gasteiger partial charge in [-0.2, -0.15) is 0 Å². The van der Waals surface area contributed by atoms with Gasteiger partial charge in [-0.1, -0.05) is 0 Å². The molecule has 0 aliphatic carbocycles. The summed E-state index contributed by atoms with van der Waals surface area (Å²) in [6.45, 7) is 3.11. The van der Waals surface area contributed by atoms with E-state index in [1.807, 2.05) is 0 Å². The zero-order valence-electron chi connectivity index (χ0n) is 8.63. The van der Waals surface area contributed by atoms with Crippen LogP contribution in [-0.2, 0) is 0 Å². The van der Waals surface area contributed by atoms with Crippen molar-refractivity contribution in [1.29, 1.82) is 0 Å². The Morgan fingerprint density at radius 3 is 1.50 bits per heavy atom. The van der Waals surface area contributed by atoms with E-state index in [0.29, 0.717) is 6.42 Å². The molecule has 1 aliphatic heterocycles. The Morgan fingerprint density at radius 2 is 1.43 bits per heavy atom. The van der Waals surface area contributed by atoms with E-state index in [4.69, 9.17) is 27.2 Å². The third kappa shape index (κ3) is 9.30. The first-order chi connectivity index (χ1) is 6.33. The zero-order valence-corrected chi connectivity index (χ0v) is 12.7. The van der Waals surface area contributed by atoms with E-state index >= 15 is 0 Å². The molecule has 2 N–H and O–H groups in total. The van der Waals surface area contributed by atoms with Gasteiger partial charge >= 0.3 is 67.3 Å². The molecule has 1 fully saturated rings. The normalized spacial score (nSPS) is 18.3. The van der Waals surface area contributed by atoms with Crippen molar-refractivity contribution < 1.29 is 9.59 Å². The van der Waals surface area contributed by atoms with Crippen LogP contribution in [0.4, 0.5) is 0 Å². The molecule has 0 bridgehead atoms. The van der Waals surface area contributed by atoms with Crippen LogP contribution in [0.3, 0.4) is 0 Å². The van der Waals surface area contributed by atoms with E-state index in [0.717, 1.165) is 0 Å². The van der Waals surface area contributed by atoms with Gasteiger partial charge in [0.05, 0.1) is 0 Å². The number of hydrogen-bond donors (Lipinski definition) is 0. The molecule has 1 heterocycles. The predicted molar refractivity (Wildman–Crippen MR) is 66.2 cm³/mol. The number of rotatable bonds is 2. The van der Waals surface area contributed by atoms with Crippen molar-refractivity contribution in [3.8, 4) is 0 Å². The summed E-state index contributed by atoms with van der Waals surface area (Å²) >= 11 is -2.14. The summed E-state index contributed by atoms with van der Waals surface area (Å²) in [6, 6.07) is 0. The van der Waals surface area contributed by atoms with E-state index in [-0.39, 0.29) is 11.6 Å². The first-order valence-corrected chi connectivity index (χ1v) is 14.7. The van der Waals surface area contributed by atoms with Crippen LogP contribution in [0.1, 0.15) is 33.1 Å². The van der Waals surface area contributed by atoms with Crippen molar-refractivity contribution in [1.82, 2.24) is 0 Å². The fourth-order valence-electron chi connectivity index (χ4n) is 1.17. The summed E-state index contributed by atoms with van der Waals surface area (Å²) in [5, 5.41) is 0. The van der Waals surface area contributed by atoms with Gasteiger partial charge in [-0.25, -0.2) is 0 Å². The Bertz CT molecular complexity index is 197. The van der Waals surface area contributed by atoms with Gasteiger partial charge in [-0.3, -0.25) is 9.59 Å². The molecule has 1 rings (SSSR count). The molecule has 5 heteroatoms. The van der Waals surface area contributed by atoms with E-state index in [2.05, 4.69) is 0 Å². The third-order valence-electron chi connectivity index (χ3n) is 1.73. The second-order valence-electron chi connectivity index (χ2n) is 3.57. The first-order valence-electron chi connectivity index (χ1n) is 4.62. The molecule has 14 heavy (non-hydrogen) atoms. The summed E-state index contributed by atoms with van der Waals surface area (Å²) in [5.74, 6) is 0.500. The van der Waals surface area contributed by atoms with Crippen LogP contribution in [0, 0.1) is 0 Å². The average molecular weight is 351 g/mol. The maximum absolute atomic E-state index is 8.46. The molecule has 83 valence electrons. The molecule has 0 amide bonds. The van der Waals surface area contributed by atoms with Gasteiger partial charge in [-0.15, -0.1) is 0 Å². The molecule has 1 aliphatic rings. The van der Waals surface area contributed by atoms with Crippen molar-refractivity contribution >= 4 is 45.7 Å². The fraction of sp³-hybridized carbons (Fsp3) is 0.778. The van der Waals surface area contributed by atoms with Gasteiger partial charge in [0, 0.05) is 13.8 Å². The van der Waals surface area contributed by atoms with Crippen LogP contribution >= 0.6 is 17.7 Å². The van der Waals surface area contributed by atoms with Gasteiger partial charge < -0.3 is 0 Å². The van der Waals surface area contributed by atoms with E-state index in [1.54, 1.807) is 13.8 Å². The van der Waals surface area contributed by atoms with Crippen molar-refractivity contribution in [3.05, 3.63) is 0 Å². The number of ketones is 2.